The quantitative estimate of drug-likeness (QED) is 0.0717. The summed E-state index contributed by atoms with van der Waals surface area (Å²) in [5, 5.41) is 31.3. The minimum absolute atomic E-state index is 0.0194. The summed E-state index contributed by atoms with van der Waals surface area (Å²) < 4.78 is 71.1. The molecule has 0 radical (unpaired) electrons. The highest BCUT2D eigenvalue weighted by Gasteiger charge is 2.27. The van der Waals surface area contributed by atoms with Crippen molar-refractivity contribution in [1.82, 2.24) is 10.0 Å². The topological polar surface area (TPSA) is 205 Å². The fourth-order valence-electron chi connectivity index (χ4n) is 3.81. The number of phenols is 2. The van der Waals surface area contributed by atoms with Crippen LogP contribution in [-0.4, -0.2) is 55.5 Å². The maximum atomic E-state index is 13.8. The van der Waals surface area contributed by atoms with Gasteiger partial charge in [0.05, 0.1) is 24.3 Å². The molecule has 0 fully saturated rings. The van der Waals surface area contributed by atoms with Gasteiger partial charge >= 0.3 is 7.60 Å². The molecular weight excluding hydrogens is 652 g/mol. The third kappa shape index (κ3) is 8.41. The zero-order valence-corrected chi connectivity index (χ0v) is 26.0. The van der Waals surface area contributed by atoms with Gasteiger partial charge in [-0.3, -0.25) is 4.79 Å². The number of nitrogens with one attached hydrogen (secondary N) is 2. The van der Waals surface area contributed by atoms with Crippen LogP contribution in [0.2, 0.25) is 0 Å². The van der Waals surface area contributed by atoms with Gasteiger partial charge in [-0.05, 0) is 48.2 Å². The van der Waals surface area contributed by atoms with E-state index in [1.54, 1.807) is 18.2 Å². The van der Waals surface area contributed by atoms with Gasteiger partial charge in [0, 0.05) is 16.8 Å². The summed E-state index contributed by atoms with van der Waals surface area (Å²) in [5.74, 6) is -2.35. The van der Waals surface area contributed by atoms with Crippen LogP contribution < -0.4 is 24.0 Å². The molecule has 45 heavy (non-hydrogen) atoms. The van der Waals surface area contributed by atoms with E-state index in [9.17, 15) is 37.3 Å². The Morgan fingerprint density at radius 3 is 2.53 bits per heavy atom. The van der Waals surface area contributed by atoms with Crippen molar-refractivity contribution in [3.8, 4) is 34.8 Å². The van der Waals surface area contributed by atoms with Crippen LogP contribution in [0.5, 0.6) is 28.7 Å². The normalized spacial score (nSPS) is 12.7. The first-order valence-electron chi connectivity index (χ1n) is 13.2. The van der Waals surface area contributed by atoms with Crippen molar-refractivity contribution < 1.29 is 51.3 Å². The van der Waals surface area contributed by atoms with Crippen LogP contribution in [-0.2, 0) is 14.6 Å². The molecule has 3 aromatic carbocycles. The molecule has 4 aromatic rings. The number of carbonyl (C=O) groups excluding carboxylic acids is 1. The highest BCUT2D eigenvalue weighted by Crippen LogP contribution is 2.43. The molecule has 0 aliphatic rings. The number of benzene rings is 3. The molecule has 1 atom stereocenters. The average molecular weight is 680 g/mol. The van der Waals surface area contributed by atoms with E-state index in [1.165, 1.54) is 24.3 Å². The highest BCUT2D eigenvalue weighted by molar-refractivity contribution is 7.92. The number of para-hydroxylation sites is 1. The lowest BCUT2D eigenvalue weighted by molar-refractivity contribution is 0.0943. The Bertz CT molecular complexity index is 1930. The second kappa shape index (κ2) is 14.1. The number of halogens is 1. The number of carbonyl (C=O) groups is 1. The third-order valence-electron chi connectivity index (χ3n) is 5.95. The van der Waals surface area contributed by atoms with E-state index in [-0.39, 0.29) is 40.0 Å². The Hall–Kier alpha value is -4.39. The number of amides is 1. The number of rotatable bonds is 14. The minimum atomic E-state index is -4.62. The van der Waals surface area contributed by atoms with E-state index in [0.29, 0.717) is 28.9 Å². The summed E-state index contributed by atoms with van der Waals surface area (Å²) in [4.78, 5) is 22.5. The van der Waals surface area contributed by atoms with Crippen LogP contribution in [0.1, 0.15) is 29.3 Å². The summed E-state index contributed by atoms with van der Waals surface area (Å²) in [6, 6.07) is 13.0. The van der Waals surface area contributed by atoms with Gasteiger partial charge in [0.2, 0.25) is 0 Å². The van der Waals surface area contributed by atoms with E-state index in [1.807, 2.05) is 11.6 Å². The molecule has 0 saturated heterocycles. The SMILES string of the molecule is CCCOc1cc2cc(S(=O)(=O)NCP(=O)(O)Oc3ccc(C#N)c(F)c3)sc2cc1OCCNC(=O)c1cccc(O)c1O. The van der Waals surface area contributed by atoms with E-state index < -0.39 is 47.1 Å². The smallest absolute Gasteiger partial charge is 0.391 e. The molecule has 1 heterocycles. The Morgan fingerprint density at radius 1 is 1.09 bits per heavy atom. The van der Waals surface area contributed by atoms with E-state index in [0.717, 1.165) is 29.5 Å². The predicted molar refractivity (Wildman–Crippen MR) is 162 cm³/mol. The largest absolute Gasteiger partial charge is 0.504 e. The standard InChI is InChI=1S/C28H27FN3O10PS2/c1-2-9-40-23-11-18-12-26(45(38,39)32-16-43(36,37)42-19-7-6-17(15-30)21(29)13-19)44-25(18)14-24(23)41-10-8-31-28(35)20-4-3-5-22(33)27(20)34/h3-7,11-14,32-34H,2,8-10,16H2,1H3,(H,31,35)(H,36,37). The molecule has 5 N–H and O–H groups in total. The Morgan fingerprint density at radius 2 is 1.82 bits per heavy atom. The summed E-state index contributed by atoms with van der Waals surface area (Å²) in [7, 11) is -8.92. The number of thiophene rings is 1. The van der Waals surface area contributed by atoms with Crippen LogP contribution in [0, 0.1) is 17.1 Å². The number of sulfonamides is 1. The molecule has 1 aromatic heterocycles. The maximum absolute atomic E-state index is 13.8. The third-order valence-corrected chi connectivity index (χ3v) is 10.2. The Kier molecular flexibility index (Phi) is 10.5. The van der Waals surface area contributed by atoms with Gasteiger partial charge in [-0.1, -0.05) is 13.0 Å². The van der Waals surface area contributed by atoms with Gasteiger partial charge in [-0.25, -0.2) is 17.4 Å². The number of ether oxygens (including phenoxy) is 2. The van der Waals surface area contributed by atoms with Crippen LogP contribution in [0.4, 0.5) is 4.39 Å². The number of phenolic OH excluding ortho intramolecular Hbond substituents is 2. The molecule has 4 rings (SSSR count). The molecule has 0 bridgehead atoms. The van der Waals surface area contributed by atoms with Crippen molar-refractivity contribution in [3.63, 3.8) is 0 Å². The van der Waals surface area contributed by atoms with E-state index >= 15 is 0 Å². The molecule has 17 heteroatoms. The van der Waals surface area contributed by atoms with Gasteiger partial charge in [0.15, 0.2) is 23.0 Å². The van der Waals surface area contributed by atoms with Crippen molar-refractivity contribution in [3.05, 3.63) is 71.5 Å². The molecule has 1 unspecified atom stereocenters. The van der Waals surface area contributed by atoms with E-state index in [4.69, 9.17) is 19.3 Å². The van der Waals surface area contributed by atoms with Gasteiger partial charge < -0.3 is 34.4 Å². The molecule has 238 valence electrons. The molecule has 13 nitrogen and oxygen atoms in total. The van der Waals surface area contributed by atoms with Gasteiger partial charge in [-0.2, -0.15) is 9.98 Å². The lowest BCUT2D eigenvalue weighted by Gasteiger charge is -2.14. The van der Waals surface area contributed by atoms with Gasteiger partial charge in [0.25, 0.3) is 15.9 Å². The summed E-state index contributed by atoms with van der Waals surface area (Å²) in [6.45, 7) is 2.23. The summed E-state index contributed by atoms with van der Waals surface area (Å²) >= 11 is 0.856. The van der Waals surface area contributed by atoms with Crippen molar-refractivity contribution in [2.75, 3.05) is 26.0 Å². The first-order valence-corrected chi connectivity index (χ1v) is 17.2. The zero-order valence-electron chi connectivity index (χ0n) is 23.5. The van der Waals surface area contributed by atoms with Crippen molar-refractivity contribution in [1.29, 1.82) is 5.26 Å². The number of aromatic hydroxyl groups is 2. The fraction of sp³-hybridized carbons (Fsp3) is 0.214. The second-order valence-corrected chi connectivity index (χ2v) is 14.2. The minimum Gasteiger partial charge on any atom is -0.504 e. The Labute approximate surface area is 261 Å². The molecule has 0 aliphatic carbocycles. The second-order valence-electron chi connectivity index (χ2n) is 9.32. The molecule has 0 saturated carbocycles. The maximum Gasteiger partial charge on any atom is 0.391 e. The summed E-state index contributed by atoms with van der Waals surface area (Å²) in [5.41, 5.74) is -0.410. The van der Waals surface area contributed by atoms with Crippen molar-refractivity contribution in [2.24, 2.45) is 0 Å². The van der Waals surface area contributed by atoms with Crippen LogP contribution in [0.3, 0.4) is 0 Å². The molecule has 0 spiro atoms. The van der Waals surface area contributed by atoms with Crippen LogP contribution in [0.25, 0.3) is 10.1 Å². The number of nitriles is 1. The van der Waals surface area contributed by atoms with Crippen LogP contribution >= 0.6 is 18.9 Å². The van der Waals surface area contributed by atoms with Crippen LogP contribution in [0.15, 0.2) is 58.8 Å². The van der Waals surface area contributed by atoms with Crippen molar-refractivity contribution >= 4 is 44.9 Å². The number of nitrogens with zero attached hydrogens (tertiary/aromatic N) is 1. The van der Waals surface area contributed by atoms with Gasteiger partial charge in [-0.15, -0.1) is 11.3 Å². The highest BCUT2D eigenvalue weighted by atomic mass is 32.2. The first-order chi connectivity index (χ1) is 21.3. The lowest BCUT2D eigenvalue weighted by Crippen LogP contribution is -2.28. The molecule has 1 amide bonds. The van der Waals surface area contributed by atoms with Crippen molar-refractivity contribution in [2.45, 2.75) is 17.6 Å². The first kappa shape index (κ1) is 33.5. The van der Waals surface area contributed by atoms with Gasteiger partial charge in [0.1, 0.15) is 34.7 Å². The molecule has 0 aliphatic heterocycles. The summed E-state index contributed by atoms with van der Waals surface area (Å²) in [6.07, 6.45) is -0.344. The monoisotopic (exact) mass is 679 g/mol. The zero-order chi connectivity index (χ0) is 32.8. The Balaban J connectivity index is 1.44. The lowest BCUT2D eigenvalue weighted by atomic mass is 10.1. The molecular formula is C28H27FN3O10PS2. The number of hydrogen-bond donors (Lipinski definition) is 5. The number of hydrogen-bond acceptors (Lipinski definition) is 11. The number of fused-ring (bicyclic) bond motifs is 1. The predicted octanol–water partition coefficient (Wildman–Crippen LogP) is 4.42. The fourth-order valence-corrected chi connectivity index (χ4v) is 7.76. The van der Waals surface area contributed by atoms with E-state index in [2.05, 4.69) is 5.32 Å². The average Bonchev–Trinajstić information content (AvgIpc) is 3.42.